The molecule has 13 heteroatoms. The first-order valence-electron chi connectivity index (χ1n) is 14.4. The predicted molar refractivity (Wildman–Crippen MR) is 162 cm³/mol. The second-order valence-electron chi connectivity index (χ2n) is 10.9. The Morgan fingerprint density at radius 3 is 1.79 bits per heavy atom. The molecule has 2 rings (SSSR count). The normalized spacial score (nSPS) is 18.0. The number of carboxylic acid groups (broad SMARTS) is 4. The Kier molecular flexibility index (Phi) is 15.4. The van der Waals surface area contributed by atoms with Gasteiger partial charge in [-0.15, -0.1) is 0 Å². The summed E-state index contributed by atoms with van der Waals surface area (Å²) >= 11 is 5.07. The highest BCUT2D eigenvalue weighted by molar-refractivity contribution is 7.80. The summed E-state index contributed by atoms with van der Waals surface area (Å²) in [6.45, 7) is 3.50. The molecule has 5 N–H and O–H groups in total. The summed E-state index contributed by atoms with van der Waals surface area (Å²) in [5, 5.41) is 41.5. The van der Waals surface area contributed by atoms with Gasteiger partial charge in [-0.1, -0.05) is 24.4 Å². The first kappa shape index (κ1) is 35.1. The van der Waals surface area contributed by atoms with Gasteiger partial charge in [0.25, 0.3) is 0 Å². The average molecular weight is 609 g/mol. The van der Waals surface area contributed by atoms with Gasteiger partial charge >= 0.3 is 23.9 Å². The second kappa shape index (κ2) is 18.4. The van der Waals surface area contributed by atoms with Crippen LogP contribution in [0.25, 0.3) is 0 Å². The molecule has 234 valence electrons. The monoisotopic (exact) mass is 608 g/mol. The number of nitrogens with zero attached hydrogens (tertiary/aromatic N) is 3. The van der Waals surface area contributed by atoms with Crippen molar-refractivity contribution in [3.8, 4) is 0 Å². The zero-order valence-electron chi connectivity index (χ0n) is 24.2. The molecule has 1 aliphatic heterocycles. The lowest BCUT2D eigenvalue weighted by Crippen LogP contribution is -2.49. The van der Waals surface area contributed by atoms with E-state index in [-0.39, 0.29) is 25.4 Å². The maximum absolute atomic E-state index is 12.5. The van der Waals surface area contributed by atoms with Crippen LogP contribution >= 0.6 is 12.2 Å². The van der Waals surface area contributed by atoms with Crippen LogP contribution in [-0.4, -0.2) is 122 Å². The SMILES string of the molecule is CC(=S)Nc1ccc(CCC(C(=O)O)N2CCN(CC(=O)O)CCCC(CC(=O)O)CCCN(CC(=O)O)CC2)cc1. The highest BCUT2D eigenvalue weighted by atomic mass is 32.1. The highest BCUT2D eigenvalue weighted by Crippen LogP contribution is 2.20. The third-order valence-corrected chi connectivity index (χ3v) is 7.57. The van der Waals surface area contributed by atoms with Crippen LogP contribution in [0, 0.1) is 5.92 Å². The van der Waals surface area contributed by atoms with E-state index in [2.05, 4.69) is 5.32 Å². The van der Waals surface area contributed by atoms with Crippen molar-refractivity contribution in [1.82, 2.24) is 14.7 Å². The lowest BCUT2D eigenvalue weighted by Gasteiger charge is -2.33. The van der Waals surface area contributed by atoms with Crippen LogP contribution in [-0.2, 0) is 25.6 Å². The van der Waals surface area contributed by atoms with Gasteiger partial charge < -0.3 is 25.7 Å². The molecule has 1 fully saturated rings. The van der Waals surface area contributed by atoms with Gasteiger partial charge in [-0.05, 0) is 82.2 Å². The zero-order valence-corrected chi connectivity index (χ0v) is 25.1. The number of hydrogen-bond acceptors (Lipinski definition) is 8. The Hall–Kier alpha value is -3.13. The van der Waals surface area contributed by atoms with Crippen molar-refractivity contribution in [2.45, 2.75) is 57.9 Å². The number of nitrogens with one attached hydrogen (secondary N) is 1. The van der Waals surface area contributed by atoms with Crippen LogP contribution in [0.3, 0.4) is 0 Å². The summed E-state index contributed by atoms with van der Waals surface area (Å²) in [5.74, 6) is -3.95. The van der Waals surface area contributed by atoms with E-state index < -0.39 is 29.9 Å². The molecule has 0 aliphatic carbocycles. The molecule has 1 unspecified atom stereocenters. The van der Waals surface area contributed by atoms with Crippen molar-refractivity contribution in [3.63, 3.8) is 0 Å². The van der Waals surface area contributed by atoms with Crippen LogP contribution in [0.1, 0.15) is 51.0 Å². The zero-order chi connectivity index (χ0) is 31.1. The van der Waals surface area contributed by atoms with Gasteiger partial charge in [-0.2, -0.15) is 0 Å². The van der Waals surface area contributed by atoms with Crippen LogP contribution in [0.5, 0.6) is 0 Å². The predicted octanol–water partition coefficient (Wildman–Crippen LogP) is 2.57. The van der Waals surface area contributed by atoms with Gasteiger partial charge in [0.05, 0.1) is 18.1 Å². The number of hydrogen-bond donors (Lipinski definition) is 5. The number of aryl methyl sites for hydroxylation is 1. The fourth-order valence-corrected chi connectivity index (χ4v) is 5.53. The lowest BCUT2D eigenvalue weighted by molar-refractivity contribution is -0.145. The molecule has 1 aliphatic rings. The Morgan fingerprint density at radius 1 is 0.833 bits per heavy atom. The smallest absolute Gasteiger partial charge is 0.320 e. The Labute approximate surface area is 252 Å². The molecule has 1 atom stereocenters. The molecule has 1 heterocycles. The number of rotatable bonds is 12. The standard InChI is InChI=1S/C29H44N4O8S/c1-21(42)30-24-9-6-22(7-10-24)8-11-25(29(40)41)33-16-14-31(19-27(36)37)12-2-4-23(18-26(34)35)5-3-13-32(15-17-33)20-28(38)39/h6-7,9-10,23,25H,2-5,8,11-20H2,1H3,(H,30,42)(H,34,35)(H,36,37)(H,38,39)(H,40,41). The van der Waals surface area contributed by atoms with Crippen molar-refractivity contribution in [1.29, 1.82) is 0 Å². The molecule has 12 nitrogen and oxygen atoms in total. The second-order valence-corrected chi connectivity index (χ2v) is 11.5. The summed E-state index contributed by atoms with van der Waals surface area (Å²) in [6, 6.07) is 6.76. The Balaban J connectivity index is 2.23. The first-order chi connectivity index (χ1) is 19.9. The van der Waals surface area contributed by atoms with E-state index in [4.69, 9.17) is 12.2 Å². The molecule has 0 spiro atoms. The van der Waals surface area contributed by atoms with Gasteiger partial charge in [0.1, 0.15) is 6.04 Å². The van der Waals surface area contributed by atoms with Gasteiger partial charge in [0.15, 0.2) is 0 Å². The quantitative estimate of drug-likeness (QED) is 0.220. The molecule has 42 heavy (non-hydrogen) atoms. The maximum atomic E-state index is 12.5. The molecular weight excluding hydrogens is 564 g/mol. The molecule has 0 aromatic heterocycles. The molecule has 1 aromatic carbocycles. The highest BCUT2D eigenvalue weighted by Gasteiger charge is 2.27. The topological polar surface area (TPSA) is 171 Å². The van der Waals surface area contributed by atoms with E-state index in [1.807, 2.05) is 29.2 Å². The summed E-state index contributed by atoms with van der Waals surface area (Å²) in [4.78, 5) is 53.0. The van der Waals surface area contributed by atoms with Crippen molar-refractivity contribution in [3.05, 3.63) is 29.8 Å². The Bertz CT molecular complexity index is 1020. The molecular formula is C29H44N4O8S. The molecule has 0 bridgehead atoms. The van der Waals surface area contributed by atoms with Gasteiger partial charge in [0.2, 0.25) is 0 Å². The maximum Gasteiger partial charge on any atom is 0.320 e. The molecule has 0 saturated carbocycles. The van der Waals surface area contributed by atoms with Crippen LogP contribution < -0.4 is 5.32 Å². The summed E-state index contributed by atoms with van der Waals surface area (Å²) in [6.07, 6.45) is 3.29. The number of thiocarbonyl (C=S) groups is 1. The Morgan fingerprint density at radius 2 is 1.36 bits per heavy atom. The minimum absolute atomic E-state index is 0.0111. The number of carbonyl (C=O) groups is 4. The number of aliphatic carboxylic acids is 4. The van der Waals surface area contributed by atoms with Crippen LogP contribution in [0.2, 0.25) is 0 Å². The lowest BCUT2D eigenvalue weighted by atomic mass is 9.94. The molecule has 1 aromatic rings. The minimum atomic E-state index is -0.992. The third-order valence-electron chi connectivity index (χ3n) is 7.47. The number of benzene rings is 1. The number of carboxylic acids is 4. The first-order valence-corrected chi connectivity index (χ1v) is 14.8. The van der Waals surface area contributed by atoms with Crippen LogP contribution in [0.15, 0.2) is 24.3 Å². The molecule has 1 saturated heterocycles. The van der Waals surface area contributed by atoms with Crippen LogP contribution in [0.4, 0.5) is 5.69 Å². The molecule has 0 radical (unpaired) electrons. The summed E-state index contributed by atoms with van der Waals surface area (Å²) in [5.41, 5.74) is 1.81. The minimum Gasteiger partial charge on any atom is -0.481 e. The summed E-state index contributed by atoms with van der Waals surface area (Å²) < 4.78 is 0. The average Bonchev–Trinajstić information content (AvgIpc) is 2.88. The van der Waals surface area contributed by atoms with Gasteiger partial charge in [-0.3, -0.25) is 33.9 Å². The van der Waals surface area contributed by atoms with E-state index in [0.29, 0.717) is 82.8 Å². The largest absolute Gasteiger partial charge is 0.481 e. The fraction of sp³-hybridized carbons (Fsp3) is 0.621. The van der Waals surface area contributed by atoms with E-state index >= 15 is 0 Å². The van der Waals surface area contributed by atoms with Gasteiger partial charge in [-0.25, -0.2) is 0 Å². The summed E-state index contributed by atoms with van der Waals surface area (Å²) in [7, 11) is 0. The third kappa shape index (κ3) is 14.2. The molecule has 0 amide bonds. The van der Waals surface area contributed by atoms with E-state index in [1.54, 1.807) is 16.7 Å². The van der Waals surface area contributed by atoms with E-state index in [9.17, 15) is 39.6 Å². The number of anilines is 1. The van der Waals surface area contributed by atoms with Crippen molar-refractivity contribution < 1.29 is 39.6 Å². The fourth-order valence-electron chi connectivity index (χ4n) is 5.41. The van der Waals surface area contributed by atoms with Crippen molar-refractivity contribution in [2.24, 2.45) is 5.92 Å². The van der Waals surface area contributed by atoms with E-state index in [0.717, 1.165) is 11.3 Å². The van der Waals surface area contributed by atoms with Gasteiger partial charge in [0, 0.05) is 38.3 Å². The van der Waals surface area contributed by atoms with Crippen molar-refractivity contribution >= 4 is 46.8 Å². The van der Waals surface area contributed by atoms with Crippen molar-refractivity contribution in [2.75, 3.05) is 57.7 Å². The van der Waals surface area contributed by atoms with E-state index in [1.165, 1.54) is 0 Å².